The van der Waals surface area contributed by atoms with Gasteiger partial charge >= 0.3 is 6.03 Å². The largest absolute Gasteiger partial charge is 0.334 e. The third-order valence-electron chi connectivity index (χ3n) is 7.35. The van der Waals surface area contributed by atoms with Crippen LogP contribution in [0.15, 0.2) is 54.6 Å². The number of fused-ring (bicyclic) bond motifs is 2. The first kappa shape index (κ1) is 22.6. The number of amides is 4. The van der Waals surface area contributed by atoms with Crippen LogP contribution in [0.4, 0.5) is 4.79 Å². The Morgan fingerprint density at radius 2 is 1.88 bits per heavy atom. The summed E-state index contributed by atoms with van der Waals surface area (Å²) in [4.78, 5) is 48.2. The molecule has 2 aliphatic carbocycles. The Labute approximate surface area is 199 Å². The van der Waals surface area contributed by atoms with E-state index >= 15 is 0 Å². The number of imide groups is 1. The lowest BCUT2D eigenvalue weighted by molar-refractivity contribution is -0.141. The van der Waals surface area contributed by atoms with Crippen LogP contribution in [0.2, 0.25) is 0 Å². The lowest BCUT2D eigenvalue weighted by Gasteiger charge is -2.31. The minimum absolute atomic E-state index is 0.0462. The van der Waals surface area contributed by atoms with Crippen molar-refractivity contribution < 1.29 is 19.2 Å². The van der Waals surface area contributed by atoms with Gasteiger partial charge in [0.1, 0.15) is 12.1 Å². The molecule has 1 saturated carbocycles. The second kappa shape index (κ2) is 8.85. The Bertz CT molecular complexity index is 1100. The number of urea groups is 1. The van der Waals surface area contributed by atoms with Crippen LogP contribution in [0.25, 0.3) is 0 Å². The smallest absolute Gasteiger partial charge is 0.325 e. The van der Waals surface area contributed by atoms with Crippen molar-refractivity contribution in [2.24, 2.45) is 5.92 Å². The number of benzene rings is 2. The maximum atomic E-state index is 13.7. The summed E-state index contributed by atoms with van der Waals surface area (Å²) in [6.45, 7) is 2.23. The van der Waals surface area contributed by atoms with Crippen LogP contribution in [0, 0.1) is 5.92 Å². The van der Waals surface area contributed by atoms with E-state index in [-0.39, 0.29) is 24.5 Å². The molecule has 5 rings (SSSR count). The lowest BCUT2D eigenvalue weighted by atomic mass is 9.91. The van der Waals surface area contributed by atoms with Crippen molar-refractivity contribution in [3.05, 3.63) is 71.3 Å². The zero-order chi connectivity index (χ0) is 23.9. The van der Waals surface area contributed by atoms with E-state index in [1.54, 1.807) is 0 Å². The van der Waals surface area contributed by atoms with E-state index in [4.69, 9.17) is 4.84 Å². The standard InChI is InChI=1S/C26H30N4O4/c1-17(19-12-13-19)29(15-18-8-4-3-5-9-18)23(31)16-30-24(32)26(27-25(30)33)14-22(28-34-2)20-10-6-7-11-21(20)26/h3-11,17,19,22,28H,12-16H2,1-2H3,(H,27,33)/t17-,22-,26-/m0/s1. The van der Waals surface area contributed by atoms with Crippen molar-refractivity contribution in [3.63, 3.8) is 0 Å². The lowest BCUT2D eigenvalue weighted by Crippen LogP contribution is -2.47. The van der Waals surface area contributed by atoms with E-state index < -0.39 is 17.5 Å². The Balaban J connectivity index is 1.38. The number of hydroxylamine groups is 1. The molecule has 3 atom stereocenters. The van der Waals surface area contributed by atoms with Crippen LogP contribution in [-0.2, 0) is 26.5 Å². The molecule has 1 saturated heterocycles. The molecule has 2 aromatic rings. The molecule has 0 aromatic heterocycles. The number of nitrogens with zero attached hydrogens (tertiary/aromatic N) is 2. The predicted octanol–water partition coefficient (Wildman–Crippen LogP) is 2.86. The van der Waals surface area contributed by atoms with Crippen molar-refractivity contribution >= 4 is 17.8 Å². The van der Waals surface area contributed by atoms with Crippen LogP contribution in [0.3, 0.4) is 0 Å². The van der Waals surface area contributed by atoms with Gasteiger partial charge < -0.3 is 15.1 Å². The van der Waals surface area contributed by atoms with Crippen molar-refractivity contribution in [2.45, 2.75) is 50.4 Å². The summed E-state index contributed by atoms with van der Waals surface area (Å²) in [6.07, 6.45) is 2.51. The highest BCUT2D eigenvalue weighted by atomic mass is 16.6. The average Bonchev–Trinajstić information content (AvgIpc) is 3.62. The molecule has 3 aliphatic rings. The molecule has 1 aliphatic heterocycles. The van der Waals surface area contributed by atoms with E-state index in [1.807, 2.05) is 59.5 Å². The number of hydrogen-bond donors (Lipinski definition) is 2. The van der Waals surface area contributed by atoms with Crippen molar-refractivity contribution in [3.8, 4) is 0 Å². The molecule has 8 nitrogen and oxygen atoms in total. The van der Waals surface area contributed by atoms with Gasteiger partial charge in [0, 0.05) is 19.0 Å². The number of carbonyl (C=O) groups excluding carboxylic acids is 3. The summed E-state index contributed by atoms with van der Waals surface area (Å²) < 4.78 is 0. The molecular weight excluding hydrogens is 432 g/mol. The molecule has 0 radical (unpaired) electrons. The minimum atomic E-state index is -1.20. The van der Waals surface area contributed by atoms with Crippen LogP contribution < -0.4 is 10.8 Å². The minimum Gasteiger partial charge on any atom is -0.334 e. The van der Waals surface area contributed by atoms with Crippen LogP contribution in [-0.4, -0.2) is 47.3 Å². The number of rotatable bonds is 8. The predicted molar refractivity (Wildman–Crippen MR) is 125 cm³/mol. The van der Waals surface area contributed by atoms with E-state index in [0.717, 1.165) is 34.4 Å². The fraction of sp³-hybridized carbons (Fsp3) is 0.423. The van der Waals surface area contributed by atoms with Gasteiger partial charge in [0.2, 0.25) is 5.91 Å². The highest BCUT2D eigenvalue weighted by molar-refractivity contribution is 6.10. The number of carbonyl (C=O) groups is 3. The van der Waals surface area contributed by atoms with Gasteiger partial charge in [0.25, 0.3) is 5.91 Å². The Hall–Kier alpha value is -3.23. The molecule has 1 spiro atoms. The van der Waals surface area contributed by atoms with Gasteiger partial charge in [0.05, 0.1) is 13.2 Å². The molecule has 2 aromatic carbocycles. The van der Waals surface area contributed by atoms with Crippen LogP contribution >= 0.6 is 0 Å². The quantitative estimate of drug-likeness (QED) is 0.465. The second-order valence-corrected chi connectivity index (χ2v) is 9.48. The topological polar surface area (TPSA) is 91.0 Å². The molecule has 0 bridgehead atoms. The molecule has 8 heteroatoms. The first-order valence-electron chi connectivity index (χ1n) is 11.8. The van der Waals surface area contributed by atoms with Crippen molar-refractivity contribution in [1.82, 2.24) is 20.6 Å². The van der Waals surface area contributed by atoms with Crippen LogP contribution in [0.5, 0.6) is 0 Å². The monoisotopic (exact) mass is 462 g/mol. The first-order valence-corrected chi connectivity index (χ1v) is 11.8. The maximum absolute atomic E-state index is 13.7. The zero-order valence-electron chi connectivity index (χ0n) is 19.5. The molecule has 34 heavy (non-hydrogen) atoms. The molecule has 0 unspecified atom stereocenters. The molecular formula is C26H30N4O4. The summed E-state index contributed by atoms with van der Waals surface area (Å²) in [5.74, 6) is -0.149. The van der Waals surface area contributed by atoms with E-state index in [0.29, 0.717) is 18.9 Å². The number of nitrogens with one attached hydrogen (secondary N) is 2. The highest BCUT2D eigenvalue weighted by Crippen LogP contribution is 2.46. The van der Waals surface area contributed by atoms with E-state index in [1.165, 1.54) is 7.11 Å². The summed E-state index contributed by atoms with van der Waals surface area (Å²) in [5, 5.41) is 2.90. The number of hydrogen-bond acceptors (Lipinski definition) is 5. The van der Waals surface area contributed by atoms with E-state index in [9.17, 15) is 14.4 Å². The molecule has 2 N–H and O–H groups in total. The maximum Gasteiger partial charge on any atom is 0.325 e. The fourth-order valence-electron chi connectivity index (χ4n) is 5.35. The molecule has 2 fully saturated rings. The molecule has 1 heterocycles. The Morgan fingerprint density at radius 3 is 2.59 bits per heavy atom. The van der Waals surface area contributed by atoms with Gasteiger partial charge in [-0.1, -0.05) is 54.6 Å². The SMILES string of the molecule is CON[C@H]1C[C@]2(NC(=O)N(CC(=O)N(Cc3ccccc3)[C@@H](C)C3CC3)C2=O)c2ccccc21. The summed E-state index contributed by atoms with van der Waals surface area (Å²) >= 11 is 0. The molecule has 4 amide bonds. The third kappa shape index (κ3) is 3.86. The van der Waals surface area contributed by atoms with Gasteiger partial charge in [-0.3, -0.25) is 14.5 Å². The highest BCUT2D eigenvalue weighted by Gasteiger charge is 2.58. The third-order valence-corrected chi connectivity index (χ3v) is 7.35. The van der Waals surface area contributed by atoms with Gasteiger partial charge in [0.15, 0.2) is 0 Å². The second-order valence-electron chi connectivity index (χ2n) is 9.48. The zero-order valence-corrected chi connectivity index (χ0v) is 19.5. The normalized spacial score (nSPS) is 24.3. The molecule has 178 valence electrons. The van der Waals surface area contributed by atoms with Crippen LogP contribution in [0.1, 0.15) is 48.9 Å². The Morgan fingerprint density at radius 1 is 1.18 bits per heavy atom. The van der Waals surface area contributed by atoms with Gasteiger partial charge in [-0.2, -0.15) is 5.48 Å². The van der Waals surface area contributed by atoms with Gasteiger partial charge in [-0.05, 0) is 42.4 Å². The van der Waals surface area contributed by atoms with Crippen molar-refractivity contribution in [1.29, 1.82) is 0 Å². The Kier molecular flexibility index (Phi) is 5.87. The van der Waals surface area contributed by atoms with Crippen molar-refractivity contribution in [2.75, 3.05) is 13.7 Å². The van der Waals surface area contributed by atoms with E-state index in [2.05, 4.69) is 17.7 Å². The summed E-state index contributed by atoms with van der Waals surface area (Å²) in [6, 6.07) is 16.6. The first-order chi connectivity index (χ1) is 16.4. The summed E-state index contributed by atoms with van der Waals surface area (Å²) in [5.41, 5.74) is 4.39. The average molecular weight is 463 g/mol. The van der Waals surface area contributed by atoms with Gasteiger partial charge in [-0.15, -0.1) is 0 Å². The summed E-state index contributed by atoms with van der Waals surface area (Å²) in [7, 11) is 1.52. The fourth-order valence-corrected chi connectivity index (χ4v) is 5.35. The van der Waals surface area contributed by atoms with Gasteiger partial charge in [-0.25, -0.2) is 4.79 Å².